The van der Waals surface area contributed by atoms with Crippen molar-refractivity contribution in [3.63, 3.8) is 0 Å². The molecule has 0 aromatic carbocycles. The van der Waals surface area contributed by atoms with Gasteiger partial charge in [-0.3, -0.25) is 0 Å². The Balaban J connectivity index is 2.41. The van der Waals surface area contributed by atoms with Gasteiger partial charge in [0.15, 0.2) is 0 Å². The van der Waals surface area contributed by atoms with E-state index < -0.39 is 0 Å². The van der Waals surface area contributed by atoms with Crippen molar-refractivity contribution in [1.82, 2.24) is 5.32 Å². The van der Waals surface area contributed by atoms with Gasteiger partial charge < -0.3 is 16.2 Å². The van der Waals surface area contributed by atoms with Crippen molar-refractivity contribution in [3.8, 4) is 0 Å². The molecule has 1 saturated carbocycles. The minimum atomic E-state index is 0.155. The van der Waals surface area contributed by atoms with Crippen LogP contribution in [0.4, 0.5) is 0 Å². The van der Waals surface area contributed by atoms with Gasteiger partial charge in [0.1, 0.15) is 0 Å². The van der Waals surface area contributed by atoms with Gasteiger partial charge >= 0.3 is 0 Å². The minimum Gasteiger partial charge on any atom is -0.396 e. The summed E-state index contributed by atoms with van der Waals surface area (Å²) in [5.41, 5.74) is 5.95. The van der Waals surface area contributed by atoms with Crippen molar-refractivity contribution in [2.24, 2.45) is 17.6 Å². The molecule has 2 atom stereocenters. The number of nitrogens with one attached hydrogen (secondary N) is 1. The van der Waals surface area contributed by atoms with Crippen LogP contribution in [0.25, 0.3) is 0 Å². The highest BCUT2D eigenvalue weighted by atomic mass is 16.3. The largest absolute Gasteiger partial charge is 0.396 e. The second-order valence-electron chi connectivity index (χ2n) is 5.09. The lowest BCUT2D eigenvalue weighted by Gasteiger charge is -2.49. The van der Waals surface area contributed by atoms with Crippen molar-refractivity contribution < 1.29 is 5.11 Å². The molecule has 1 rings (SSSR count). The first-order chi connectivity index (χ1) is 6.53. The zero-order valence-electron chi connectivity index (χ0n) is 9.59. The van der Waals surface area contributed by atoms with E-state index in [0.717, 1.165) is 5.92 Å². The Morgan fingerprint density at radius 2 is 2.07 bits per heavy atom. The van der Waals surface area contributed by atoms with Gasteiger partial charge in [0.25, 0.3) is 0 Å². The molecule has 0 aromatic rings. The maximum absolute atomic E-state index is 9.05. The number of rotatable bonds is 5. The summed E-state index contributed by atoms with van der Waals surface area (Å²) in [5, 5.41) is 12.6. The van der Waals surface area contributed by atoms with Crippen molar-refractivity contribution in [2.75, 3.05) is 13.2 Å². The second-order valence-corrected chi connectivity index (χ2v) is 5.09. The van der Waals surface area contributed by atoms with E-state index in [-0.39, 0.29) is 12.1 Å². The van der Waals surface area contributed by atoms with Crippen LogP contribution >= 0.6 is 0 Å². The van der Waals surface area contributed by atoms with Crippen molar-refractivity contribution in [2.45, 2.75) is 45.2 Å². The summed E-state index contributed by atoms with van der Waals surface area (Å²) >= 11 is 0. The summed E-state index contributed by atoms with van der Waals surface area (Å²) in [5.74, 6) is 1.09. The Kier molecular flexibility index (Phi) is 3.93. The van der Waals surface area contributed by atoms with Gasteiger partial charge in [-0.15, -0.1) is 0 Å². The average Bonchev–Trinajstić information content (AvgIpc) is 2.13. The first-order valence-electron chi connectivity index (χ1n) is 5.61. The molecule has 0 bridgehead atoms. The molecule has 1 fully saturated rings. The van der Waals surface area contributed by atoms with Gasteiger partial charge in [-0.25, -0.2) is 0 Å². The van der Waals surface area contributed by atoms with Crippen LogP contribution < -0.4 is 11.1 Å². The molecule has 1 aliphatic rings. The lowest BCUT2D eigenvalue weighted by Crippen LogP contribution is -2.62. The molecule has 1 aliphatic carbocycles. The maximum atomic E-state index is 9.05. The molecular weight excluding hydrogens is 176 g/mol. The average molecular weight is 200 g/mol. The molecule has 14 heavy (non-hydrogen) atoms. The first-order valence-corrected chi connectivity index (χ1v) is 5.61. The normalized spacial score (nSPS) is 36.2. The highest BCUT2D eigenvalue weighted by Gasteiger charge is 2.41. The van der Waals surface area contributed by atoms with Crippen LogP contribution in [0.3, 0.4) is 0 Å². The Morgan fingerprint density at radius 1 is 1.50 bits per heavy atom. The number of aliphatic hydroxyl groups excluding tert-OH is 1. The van der Waals surface area contributed by atoms with Gasteiger partial charge in [-0.2, -0.15) is 0 Å². The minimum absolute atomic E-state index is 0.155. The highest BCUT2D eigenvalue weighted by Crippen LogP contribution is 2.37. The third-order valence-electron chi connectivity index (χ3n) is 3.54. The van der Waals surface area contributed by atoms with E-state index in [2.05, 4.69) is 26.1 Å². The Morgan fingerprint density at radius 3 is 2.43 bits per heavy atom. The molecule has 0 heterocycles. The zero-order chi connectivity index (χ0) is 10.8. The zero-order valence-corrected chi connectivity index (χ0v) is 9.59. The highest BCUT2D eigenvalue weighted by molar-refractivity contribution is 5.01. The fraction of sp³-hybridized carbons (Fsp3) is 1.00. The number of hydrogen-bond acceptors (Lipinski definition) is 3. The molecule has 4 N–H and O–H groups in total. The first kappa shape index (κ1) is 12.0. The molecule has 0 spiro atoms. The molecule has 0 aromatic heterocycles. The summed E-state index contributed by atoms with van der Waals surface area (Å²) in [4.78, 5) is 0. The monoisotopic (exact) mass is 200 g/mol. The lowest BCUT2D eigenvalue weighted by molar-refractivity contribution is 0.0900. The predicted molar refractivity (Wildman–Crippen MR) is 59.0 cm³/mol. The second kappa shape index (κ2) is 4.60. The van der Waals surface area contributed by atoms with Crippen LogP contribution in [0.5, 0.6) is 0 Å². The standard InChI is InChI=1S/C11H24N2O/c1-8-4-11(5-8,7-12)13-10(3)9(2)6-14/h8-10,13-14H,4-7,12H2,1-3H3. The van der Waals surface area contributed by atoms with Crippen LogP contribution in [0, 0.1) is 11.8 Å². The Hall–Kier alpha value is -0.120. The van der Waals surface area contributed by atoms with E-state index in [9.17, 15) is 0 Å². The molecular formula is C11H24N2O. The van der Waals surface area contributed by atoms with Gasteiger partial charge in [-0.05, 0) is 31.6 Å². The lowest BCUT2D eigenvalue weighted by atomic mass is 9.68. The smallest absolute Gasteiger partial charge is 0.0471 e. The predicted octanol–water partition coefficient (Wildman–Crippen LogP) is 0.720. The van der Waals surface area contributed by atoms with Crippen LogP contribution in [0.2, 0.25) is 0 Å². The van der Waals surface area contributed by atoms with Crippen molar-refractivity contribution in [3.05, 3.63) is 0 Å². The fourth-order valence-electron chi connectivity index (χ4n) is 2.40. The summed E-state index contributed by atoms with van der Waals surface area (Å²) in [6.45, 7) is 7.39. The molecule has 0 radical (unpaired) electrons. The third kappa shape index (κ3) is 2.47. The molecule has 0 saturated heterocycles. The molecule has 84 valence electrons. The van der Waals surface area contributed by atoms with Crippen LogP contribution in [0.15, 0.2) is 0 Å². The van der Waals surface area contributed by atoms with E-state index in [1.54, 1.807) is 0 Å². The van der Waals surface area contributed by atoms with Crippen molar-refractivity contribution >= 4 is 0 Å². The molecule has 3 heteroatoms. The molecule has 3 nitrogen and oxygen atoms in total. The summed E-state index contributed by atoms with van der Waals surface area (Å²) in [6, 6.07) is 0.344. The van der Waals surface area contributed by atoms with E-state index in [4.69, 9.17) is 10.8 Å². The van der Waals surface area contributed by atoms with E-state index in [1.165, 1.54) is 12.8 Å². The quantitative estimate of drug-likeness (QED) is 0.613. The fourth-order valence-corrected chi connectivity index (χ4v) is 2.40. The van der Waals surface area contributed by atoms with Crippen LogP contribution in [0.1, 0.15) is 33.6 Å². The number of aliphatic hydroxyl groups is 1. The SMILES string of the molecule is CC1CC(CN)(NC(C)C(C)CO)C1. The summed E-state index contributed by atoms with van der Waals surface area (Å²) < 4.78 is 0. The van der Waals surface area contributed by atoms with Crippen molar-refractivity contribution in [1.29, 1.82) is 0 Å². The maximum Gasteiger partial charge on any atom is 0.0471 e. The number of nitrogens with two attached hydrogens (primary N) is 1. The van der Waals surface area contributed by atoms with Crippen LogP contribution in [-0.2, 0) is 0 Å². The van der Waals surface area contributed by atoms with E-state index in [1.807, 2.05) is 0 Å². The molecule has 0 aliphatic heterocycles. The topological polar surface area (TPSA) is 58.3 Å². The summed E-state index contributed by atoms with van der Waals surface area (Å²) in [6.07, 6.45) is 2.35. The molecule has 0 amide bonds. The Bertz CT molecular complexity index is 178. The van der Waals surface area contributed by atoms with Gasteiger partial charge in [0, 0.05) is 24.7 Å². The van der Waals surface area contributed by atoms with E-state index in [0.29, 0.717) is 18.5 Å². The van der Waals surface area contributed by atoms with E-state index >= 15 is 0 Å². The molecule has 2 unspecified atom stereocenters. The Labute approximate surface area is 87.1 Å². The third-order valence-corrected chi connectivity index (χ3v) is 3.54. The van der Waals surface area contributed by atoms with Gasteiger partial charge in [0.2, 0.25) is 0 Å². The van der Waals surface area contributed by atoms with Gasteiger partial charge in [0.05, 0.1) is 0 Å². The van der Waals surface area contributed by atoms with Crippen LogP contribution in [-0.4, -0.2) is 29.8 Å². The van der Waals surface area contributed by atoms with Gasteiger partial charge in [-0.1, -0.05) is 13.8 Å². The number of hydrogen-bond donors (Lipinski definition) is 3. The summed E-state index contributed by atoms with van der Waals surface area (Å²) in [7, 11) is 0.